The van der Waals surface area contributed by atoms with Crippen LogP contribution in [0.25, 0.3) is 0 Å². The smallest absolute Gasteiger partial charge is 0.253 e. The number of likely N-dealkylation sites (N-methyl/N-ethyl adjacent to an activating group) is 1. The second-order valence-electron chi connectivity index (χ2n) is 6.31. The van der Waals surface area contributed by atoms with Gasteiger partial charge in [-0.25, -0.2) is 13.1 Å². The Kier molecular flexibility index (Phi) is 5.65. The molecule has 138 valence electrons. The van der Waals surface area contributed by atoms with Crippen LogP contribution in [0.1, 0.15) is 15.9 Å². The Bertz CT molecular complexity index is 846. The predicted molar refractivity (Wildman–Crippen MR) is 98.1 cm³/mol. The molecule has 0 unspecified atom stereocenters. The Morgan fingerprint density at radius 1 is 1.12 bits per heavy atom. The number of hydrogen-bond donors (Lipinski definition) is 1. The zero-order chi connectivity index (χ0) is 18.6. The van der Waals surface area contributed by atoms with Gasteiger partial charge in [0.2, 0.25) is 10.0 Å². The summed E-state index contributed by atoms with van der Waals surface area (Å²) >= 11 is 0. The molecular formula is C18H22N4O3S. The number of nitrogens with one attached hydrogen (secondary N) is 1. The summed E-state index contributed by atoms with van der Waals surface area (Å²) in [4.78, 5) is 20.6. The molecule has 0 aliphatic carbocycles. The molecule has 1 aromatic carbocycles. The van der Waals surface area contributed by atoms with Gasteiger partial charge in [0.15, 0.2) is 0 Å². The molecule has 1 aliphatic heterocycles. The number of piperazine rings is 1. The highest BCUT2D eigenvalue weighted by Crippen LogP contribution is 2.14. The number of aromatic nitrogens is 1. The summed E-state index contributed by atoms with van der Waals surface area (Å²) in [7, 11) is -1.61. The van der Waals surface area contributed by atoms with Crippen molar-refractivity contribution >= 4 is 15.9 Å². The van der Waals surface area contributed by atoms with E-state index in [1.807, 2.05) is 7.05 Å². The topological polar surface area (TPSA) is 82.6 Å². The van der Waals surface area contributed by atoms with E-state index in [0.29, 0.717) is 18.7 Å². The van der Waals surface area contributed by atoms with E-state index >= 15 is 0 Å². The number of amides is 1. The van der Waals surface area contributed by atoms with Crippen LogP contribution in [-0.2, 0) is 16.6 Å². The van der Waals surface area contributed by atoms with Crippen LogP contribution in [-0.4, -0.2) is 62.3 Å². The molecule has 1 saturated heterocycles. The average molecular weight is 374 g/mol. The minimum Gasteiger partial charge on any atom is -0.336 e. The van der Waals surface area contributed by atoms with Crippen molar-refractivity contribution in [3.05, 3.63) is 59.9 Å². The first-order chi connectivity index (χ1) is 12.5. The van der Waals surface area contributed by atoms with Crippen molar-refractivity contribution in [1.82, 2.24) is 19.5 Å². The van der Waals surface area contributed by atoms with Gasteiger partial charge in [-0.15, -0.1) is 0 Å². The fraction of sp³-hybridized carbons (Fsp3) is 0.333. The normalized spacial score (nSPS) is 15.8. The summed E-state index contributed by atoms with van der Waals surface area (Å²) in [5, 5.41) is 0. The van der Waals surface area contributed by atoms with E-state index in [4.69, 9.17) is 0 Å². The molecule has 2 aromatic rings. The second-order valence-corrected chi connectivity index (χ2v) is 8.07. The Hall–Kier alpha value is -2.29. The number of carbonyl (C=O) groups excluding carboxylic acids is 1. The molecule has 0 radical (unpaired) electrons. The number of hydrogen-bond acceptors (Lipinski definition) is 5. The number of benzene rings is 1. The number of pyridine rings is 1. The highest BCUT2D eigenvalue weighted by atomic mass is 32.2. The molecule has 1 N–H and O–H groups in total. The van der Waals surface area contributed by atoms with Crippen LogP contribution < -0.4 is 4.72 Å². The summed E-state index contributed by atoms with van der Waals surface area (Å²) in [6.45, 7) is 3.22. The van der Waals surface area contributed by atoms with E-state index in [1.54, 1.807) is 41.6 Å². The van der Waals surface area contributed by atoms with Crippen LogP contribution in [0, 0.1) is 0 Å². The molecule has 1 aromatic heterocycles. The lowest BCUT2D eigenvalue weighted by Crippen LogP contribution is -2.47. The minimum absolute atomic E-state index is 0.0645. The molecule has 0 bridgehead atoms. The standard InChI is InChI=1S/C18H22N4O3S/c1-21-9-11-22(12-10-21)18(23)16-4-6-17(7-5-16)26(24,25)20-14-15-3-2-8-19-13-15/h2-8,13,20H,9-12,14H2,1H3. The second kappa shape index (κ2) is 7.94. The molecular weight excluding hydrogens is 352 g/mol. The first kappa shape index (κ1) is 18.5. The van der Waals surface area contributed by atoms with E-state index in [9.17, 15) is 13.2 Å². The SMILES string of the molecule is CN1CCN(C(=O)c2ccc(S(=O)(=O)NCc3cccnc3)cc2)CC1. The van der Waals surface area contributed by atoms with Gasteiger partial charge in [0, 0.05) is 50.7 Å². The first-order valence-corrected chi connectivity index (χ1v) is 9.90. The van der Waals surface area contributed by atoms with Crippen LogP contribution in [0.2, 0.25) is 0 Å². The van der Waals surface area contributed by atoms with Gasteiger partial charge in [-0.3, -0.25) is 9.78 Å². The number of nitrogens with zero attached hydrogens (tertiary/aromatic N) is 3. The minimum atomic E-state index is -3.64. The van der Waals surface area contributed by atoms with Gasteiger partial charge in [-0.1, -0.05) is 6.07 Å². The fourth-order valence-corrected chi connectivity index (χ4v) is 3.75. The fourth-order valence-electron chi connectivity index (χ4n) is 2.73. The average Bonchev–Trinajstić information content (AvgIpc) is 2.67. The Balaban J connectivity index is 1.65. The van der Waals surface area contributed by atoms with Crippen molar-refractivity contribution in [2.45, 2.75) is 11.4 Å². The summed E-state index contributed by atoms with van der Waals surface area (Å²) in [6.07, 6.45) is 3.24. The summed E-state index contributed by atoms with van der Waals surface area (Å²) in [5.74, 6) is -0.0645. The lowest BCUT2D eigenvalue weighted by molar-refractivity contribution is 0.0664. The van der Waals surface area contributed by atoms with Gasteiger partial charge < -0.3 is 9.80 Å². The van der Waals surface area contributed by atoms with E-state index in [0.717, 1.165) is 18.7 Å². The number of rotatable bonds is 5. The van der Waals surface area contributed by atoms with Crippen molar-refractivity contribution in [3.8, 4) is 0 Å². The highest BCUT2D eigenvalue weighted by Gasteiger charge is 2.21. The van der Waals surface area contributed by atoms with Gasteiger partial charge in [-0.2, -0.15) is 0 Å². The molecule has 1 amide bonds. The molecule has 0 saturated carbocycles. The highest BCUT2D eigenvalue weighted by molar-refractivity contribution is 7.89. The third kappa shape index (κ3) is 4.46. The van der Waals surface area contributed by atoms with Crippen molar-refractivity contribution in [3.63, 3.8) is 0 Å². The predicted octanol–water partition coefficient (Wildman–Crippen LogP) is 0.948. The van der Waals surface area contributed by atoms with E-state index in [2.05, 4.69) is 14.6 Å². The van der Waals surface area contributed by atoms with Gasteiger partial charge in [-0.05, 0) is 42.9 Å². The Labute approximate surface area is 153 Å². The molecule has 8 heteroatoms. The number of carbonyl (C=O) groups is 1. The van der Waals surface area contributed by atoms with Gasteiger partial charge in [0.05, 0.1) is 4.90 Å². The molecule has 7 nitrogen and oxygen atoms in total. The summed E-state index contributed by atoms with van der Waals surface area (Å²) in [5.41, 5.74) is 1.28. The van der Waals surface area contributed by atoms with E-state index in [1.165, 1.54) is 12.1 Å². The molecule has 26 heavy (non-hydrogen) atoms. The maximum Gasteiger partial charge on any atom is 0.253 e. The first-order valence-electron chi connectivity index (χ1n) is 8.42. The lowest BCUT2D eigenvalue weighted by atomic mass is 10.2. The largest absolute Gasteiger partial charge is 0.336 e. The summed E-state index contributed by atoms with van der Waals surface area (Å²) < 4.78 is 27.3. The van der Waals surface area contributed by atoms with Crippen molar-refractivity contribution in [2.75, 3.05) is 33.2 Å². The molecule has 0 spiro atoms. The van der Waals surface area contributed by atoms with Gasteiger partial charge in [0.1, 0.15) is 0 Å². The van der Waals surface area contributed by atoms with E-state index < -0.39 is 10.0 Å². The third-order valence-corrected chi connectivity index (χ3v) is 5.81. The maximum absolute atomic E-state index is 12.5. The van der Waals surface area contributed by atoms with Crippen molar-refractivity contribution in [1.29, 1.82) is 0 Å². The molecule has 1 aliphatic rings. The van der Waals surface area contributed by atoms with Crippen molar-refractivity contribution in [2.24, 2.45) is 0 Å². The lowest BCUT2D eigenvalue weighted by Gasteiger charge is -2.32. The van der Waals surface area contributed by atoms with Gasteiger partial charge in [0.25, 0.3) is 5.91 Å². The van der Waals surface area contributed by atoms with Crippen LogP contribution in [0.5, 0.6) is 0 Å². The Morgan fingerprint density at radius 2 is 1.81 bits per heavy atom. The van der Waals surface area contributed by atoms with Crippen LogP contribution >= 0.6 is 0 Å². The molecule has 0 atom stereocenters. The van der Waals surface area contributed by atoms with Crippen LogP contribution in [0.4, 0.5) is 0 Å². The Morgan fingerprint density at radius 3 is 2.42 bits per heavy atom. The van der Waals surface area contributed by atoms with Crippen LogP contribution in [0.15, 0.2) is 53.7 Å². The molecule has 1 fully saturated rings. The summed E-state index contributed by atoms with van der Waals surface area (Å²) in [6, 6.07) is 9.62. The third-order valence-electron chi connectivity index (χ3n) is 4.39. The number of sulfonamides is 1. The van der Waals surface area contributed by atoms with E-state index in [-0.39, 0.29) is 17.3 Å². The molecule has 2 heterocycles. The van der Waals surface area contributed by atoms with Crippen molar-refractivity contribution < 1.29 is 13.2 Å². The maximum atomic E-state index is 12.5. The monoisotopic (exact) mass is 374 g/mol. The van der Waals surface area contributed by atoms with Crippen LogP contribution in [0.3, 0.4) is 0 Å². The molecule has 3 rings (SSSR count). The van der Waals surface area contributed by atoms with Gasteiger partial charge >= 0.3 is 0 Å². The zero-order valence-corrected chi connectivity index (χ0v) is 15.4. The zero-order valence-electron chi connectivity index (χ0n) is 14.6. The quantitative estimate of drug-likeness (QED) is 0.843.